The Hall–Kier alpha value is -3.00. The summed E-state index contributed by atoms with van der Waals surface area (Å²) >= 11 is 1.72. The number of benzene rings is 2. The molecule has 1 aliphatic rings. The number of nitrogens with one attached hydrogen (secondary N) is 1. The minimum atomic E-state index is -0.0513. The van der Waals surface area contributed by atoms with E-state index in [4.69, 9.17) is 14.5 Å². The molecule has 0 saturated carbocycles. The van der Waals surface area contributed by atoms with Crippen LogP contribution < -0.4 is 19.7 Å². The number of para-hydroxylation sites is 1. The van der Waals surface area contributed by atoms with Crippen molar-refractivity contribution in [3.63, 3.8) is 0 Å². The molecule has 1 N–H and O–H groups in total. The fraction of sp³-hybridized carbons (Fsp3) is 0.364. The number of ether oxygens (including phenoxy) is 2. The van der Waals surface area contributed by atoms with Crippen LogP contribution in [0.3, 0.4) is 0 Å². The number of urea groups is 1. The maximum atomic E-state index is 12.6. The average molecular weight is 427 g/mol. The largest absolute Gasteiger partial charge is 0.493 e. The standard InChI is InChI=1S/C22H26N4O3S/c1-15-5-4-6-19-20(15)24-22(30-19)26-11-9-25(10-12-26)21(27)23-14-16-7-8-17(28-2)18(13-16)29-3/h4-8,13H,9-12,14H2,1-3H3,(H,23,27). The summed E-state index contributed by atoms with van der Waals surface area (Å²) in [5.41, 5.74) is 3.24. The summed E-state index contributed by atoms with van der Waals surface area (Å²) in [6.07, 6.45) is 0. The Morgan fingerprint density at radius 3 is 2.57 bits per heavy atom. The van der Waals surface area contributed by atoms with Gasteiger partial charge in [-0.2, -0.15) is 0 Å². The predicted octanol–water partition coefficient (Wildman–Crippen LogP) is 3.65. The molecule has 1 saturated heterocycles. The van der Waals surface area contributed by atoms with E-state index in [1.807, 2.05) is 23.1 Å². The molecule has 0 bridgehead atoms. The van der Waals surface area contributed by atoms with Crippen molar-refractivity contribution in [3.05, 3.63) is 47.5 Å². The smallest absolute Gasteiger partial charge is 0.317 e. The van der Waals surface area contributed by atoms with Crippen molar-refractivity contribution < 1.29 is 14.3 Å². The number of fused-ring (bicyclic) bond motifs is 1. The molecular formula is C22H26N4O3S. The Balaban J connectivity index is 1.32. The Morgan fingerprint density at radius 1 is 1.10 bits per heavy atom. The van der Waals surface area contributed by atoms with Gasteiger partial charge in [0.25, 0.3) is 0 Å². The number of methoxy groups -OCH3 is 2. The maximum Gasteiger partial charge on any atom is 0.317 e. The highest BCUT2D eigenvalue weighted by atomic mass is 32.1. The first-order valence-corrected chi connectivity index (χ1v) is 10.8. The molecule has 30 heavy (non-hydrogen) atoms. The number of hydrogen-bond donors (Lipinski definition) is 1. The van der Waals surface area contributed by atoms with Crippen molar-refractivity contribution in [1.82, 2.24) is 15.2 Å². The zero-order valence-corrected chi connectivity index (χ0v) is 18.3. The topological polar surface area (TPSA) is 66.9 Å². The molecule has 8 heteroatoms. The van der Waals surface area contributed by atoms with Gasteiger partial charge in [0.15, 0.2) is 16.6 Å². The quantitative estimate of drug-likeness (QED) is 0.675. The molecule has 158 valence electrons. The lowest BCUT2D eigenvalue weighted by Crippen LogP contribution is -2.51. The first kappa shape index (κ1) is 20.3. The molecule has 0 radical (unpaired) electrons. The van der Waals surface area contributed by atoms with E-state index in [0.717, 1.165) is 29.3 Å². The molecule has 2 heterocycles. The van der Waals surface area contributed by atoms with E-state index in [1.54, 1.807) is 25.6 Å². The number of aryl methyl sites for hydroxylation is 1. The molecule has 0 unspecified atom stereocenters. The van der Waals surface area contributed by atoms with Gasteiger partial charge in [-0.15, -0.1) is 0 Å². The molecule has 3 aromatic rings. The van der Waals surface area contributed by atoms with Crippen molar-refractivity contribution in [2.24, 2.45) is 0 Å². The van der Waals surface area contributed by atoms with Crippen LogP contribution in [0.15, 0.2) is 36.4 Å². The number of rotatable bonds is 5. The number of carbonyl (C=O) groups is 1. The van der Waals surface area contributed by atoms with Crippen LogP contribution in [-0.2, 0) is 6.54 Å². The Labute approximate surface area is 180 Å². The van der Waals surface area contributed by atoms with E-state index in [-0.39, 0.29) is 6.03 Å². The van der Waals surface area contributed by atoms with Gasteiger partial charge in [-0.1, -0.05) is 29.5 Å². The molecule has 1 aliphatic heterocycles. The van der Waals surface area contributed by atoms with Crippen LogP contribution in [0.25, 0.3) is 10.2 Å². The van der Waals surface area contributed by atoms with Crippen LogP contribution in [0.5, 0.6) is 11.5 Å². The van der Waals surface area contributed by atoms with E-state index >= 15 is 0 Å². The van der Waals surface area contributed by atoms with Crippen LogP contribution in [0, 0.1) is 6.92 Å². The molecule has 1 aromatic heterocycles. The van der Waals surface area contributed by atoms with Gasteiger partial charge in [0, 0.05) is 32.7 Å². The number of aromatic nitrogens is 1. The SMILES string of the molecule is COc1ccc(CNC(=O)N2CCN(c3nc4c(C)cccc4s3)CC2)cc1OC. The van der Waals surface area contributed by atoms with Crippen molar-refractivity contribution in [3.8, 4) is 11.5 Å². The Morgan fingerprint density at radius 2 is 1.87 bits per heavy atom. The molecule has 0 spiro atoms. The van der Waals surface area contributed by atoms with Crippen molar-refractivity contribution in [1.29, 1.82) is 0 Å². The number of thiazole rings is 1. The molecule has 2 amide bonds. The van der Waals surface area contributed by atoms with Crippen molar-refractivity contribution >= 4 is 32.7 Å². The zero-order valence-electron chi connectivity index (χ0n) is 17.5. The van der Waals surface area contributed by atoms with Gasteiger partial charge in [0.05, 0.1) is 24.4 Å². The minimum Gasteiger partial charge on any atom is -0.493 e. The monoisotopic (exact) mass is 426 g/mol. The molecule has 0 aliphatic carbocycles. The van der Waals surface area contributed by atoms with Gasteiger partial charge in [0.1, 0.15) is 0 Å². The van der Waals surface area contributed by atoms with Crippen LogP contribution in [0.4, 0.5) is 9.93 Å². The fourth-order valence-corrected chi connectivity index (χ4v) is 4.69. The number of carbonyl (C=O) groups excluding carboxylic acids is 1. The minimum absolute atomic E-state index is 0.0513. The summed E-state index contributed by atoms with van der Waals surface area (Å²) in [6.45, 7) is 5.44. The van der Waals surface area contributed by atoms with Crippen LogP contribution >= 0.6 is 11.3 Å². The number of amides is 2. The van der Waals surface area contributed by atoms with Gasteiger partial charge < -0.3 is 24.6 Å². The number of hydrogen-bond acceptors (Lipinski definition) is 6. The summed E-state index contributed by atoms with van der Waals surface area (Å²) in [5.74, 6) is 1.33. The Bertz CT molecular complexity index is 1040. The first-order valence-electron chi connectivity index (χ1n) is 9.94. The van der Waals surface area contributed by atoms with Gasteiger partial charge in [0.2, 0.25) is 0 Å². The van der Waals surface area contributed by atoms with Gasteiger partial charge >= 0.3 is 6.03 Å². The van der Waals surface area contributed by atoms with Crippen molar-refractivity contribution in [2.75, 3.05) is 45.3 Å². The maximum absolute atomic E-state index is 12.6. The average Bonchev–Trinajstić information content (AvgIpc) is 3.23. The highest BCUT2D eigenvalue weighted by Gasteiger charge is 2.23. The summed E-state index contributed by atoms with van der Waals surface area (Å²) in [6, 6.07) is 11.9. The second kappa shape index (κ2) is 8.79. The Kier molecular flexibility index (Phi) is 5.94. The van der Waals surface area contributed by atoms with Gasteiger partial charge in [-0.05, 0) is 36.2 Å². The number of anilines is 1. The van der Waals surface area contributed by atoms with E-state index in [1.165, 1.54) is 10.3 Å². The lowest BCUT2D eigenvalue weighted by atomic mass is 10.2. The van der Waals surface area contributed by atoms with E-state index < -0.39 is 0 Å². The molecular weight excluding hydrogens is 400 g/mol. The molecule has 4 rings (SSSR count). The normalized spacial score (nSPS) is 14.1. The molecule has 2 aromatic carbocycles. The third kappa shape index (κ3) is 4.14. The summed E-state index contributed by atoms with van der Waals surface area (Å²) in [5, 5.41) is 4.03. The van der Waals surface area contributed by atoms with Gasteiger partial charge in [-0.3, -0.25) is 0 Å². The summed E-state index contributed by atoms with van der Waals surface area (Å²) in [4.78, 5) is 21.5. The zero-order chi connectivity index (χ0) is 21.1. The highest BCUT2D eigenvalue weighted by molar-refractivity contribution is 7.22. The van der Waals surface area contributed by atoms with Crippen LogP contribution in [0.1, 0.15) is 11.1 Å². The molecule has 1 fully saturated rings. The third-order valence-corrected chi connectivity index (χ3v) is 6.42. The van der Waals surface area contributed by atoms with E-state index in [2.05, 4.69) is 35.3 Å². The highest BCUT2D eigenvalue weighted by Crippen LogP contribution is 2.31. The van der Waals surface area contributed by atoms with Gasteiger partial charge in [-0.25, -0.2) is 9.78 Å². The number of piperazine rings is 1. The lowest BCUT2D eigenvalue weighted by Gasteiger charge is -2.34. The van der Waals surface area contributed by atoms with Crippen LogP contribution in [0.2, 0.25) is 0 Å². The lowest BCUT2D eigenvalue weighted by molar-refractivity contribution is 0.194. The fourth-order valence-electron chi connectivity index (χ4n) is 3.59. The van der Waals surface area contributed by atoms with Crippen molar-refractivity contribution in [2.45, 2.75) is 13.5 Å². The second-order valence-electron chi connectivity index (χ2n) is 7.24. The molecule has 0 atom stereocenters. The second-order valence-corrected chi connectivity index (χ2v) is 8.25. The first-order chi connectivity index (χ1) is 14.6. The predicted molar refractivity (Wildman–Crippen MR) is 120 cm³/mol. The molecule has 7 nitrogen and oxygen atoms in total. The third-order valence-electron chi connectivity index (χ3n) is 5.34. The summed E-state index contributed by atoms with van der Waals surface area (Å²) < 4.78 is 11.8. The van der Waals surface area contributed by atoms with E-state index in [0.29, 0.717) is 31.1 Å². The number of nitrogens with zero attached hydrogens (tertiary/aromatic N) is 3. The summed E-state index contributed by atoms with van der Waals surface area (Å²) in [7, 11) is 3.21. The van der Waals surface area contributed by atoms with Crippen LogP contribution in [-0.4, -0.2) is 56.3 Å². The van der Waals surface area contributed by atoms with E-state index in [9.17, 15) is 4.79 Å².